The van der Waals surface area contributed by atoms with Gasteiger partial charge in [0.25, 0.3) is 0 Å². The van der Waals surface area contributed by atoms with Crippen LogP contribution in [0.2, 0.25) is 0 Å². The number of benzene rings is 1. The largest absolute Gasteiger partial charge is 0.303 e. The van der Waals surface area contributed by atoms with Crippen LogP contribution in [0.25, 0.3) is 0 Å². The standard InChI is InChI=1S/C12H14F2O/c1-8(3-4-15)10-5-9(2)11(7-13)12(14)6-10/h4-6,8H,3,7H2,1-2H3. The molecule has 82 valence electrons. The number of aryl methyl sites for hydroxylation is 1. The Morgan fingerprint density at radius 1 is 1.47 bits per heavy atom. The molecule has 0 heterocycles. The predicted octanol–water partition coefficient (Wildman–Crippen LogP) is 3.30. The number of carbonyl (C=O) groups excluding carboxylic acids is 1. The number of hydrogen-bond donors (Lipinski definition) is 0. The van der Waals surface area contributed by atoms with Crippen molar-refractivity contribution in [1.29, 1.82) is 0 Å². The van der Waals surface area contributed by atoms with E-state index in [0.29, 0.717) is 12.0 Å². The quantitative estimate of drug-likeness (QED) is 0.700. The molecule has 0 saturated carbocycles. The third kappa shape index (κ3) is 2.61. The van der Waals surface area contributed by atoms with Crippen LogP contribution in [0.3, 0.4) is 0 Å². The normalized spacial score (nSPS) is 12.5. The third-order valence-electron chi connectivity index (χ3n) is 2.59. The minimum atomic E-state index is -0.792. The minimum Gasteiger partial charge on any atom is -0.303 e. The lowest BCUT2D eigenvalue weighted by Crippen LogP contribution is -2.00. The zero-order valence-corrected chi connectivity index (χ0v) is 8.89. The van der Waals surface area contributed by atoms with Crippen LogP contribution in [-0.4, -0.2) is 6.29 Å². The summed E-state index contributed by atoms with van der Waals surface area (Å²) in [5.74, 6) is -0.547. The van der Waals surface area contributed by atoms with Gasteiger partial charge < -0.3 is 4.79 Å². The number of alkyl halides is 1. The maximum Gasteiger partial charge on any atom is 0.129 e. The van der Waals surface area contributed by atoms with E-state index in [1.807, 2.05) is 6.92 Å². The van der Waals surface area contributed by atoms with Crippen LogP contribution < -0.4 is 0 Å². The summed E-state index contributed by atoms with van der Waals surface area (Å²) in [6.45, 7) is 2.73. The van der Waals surface area contributed by atoms with Crippen molar-refractivity contribution < 1.29 is 13.6 Å². The number of hydrogen-bond acceptors (Lipinski definition) is 1. The van der Waals surface area contributed by atoms with Crippen molar-refractivity contribution in [2.45, 2.75) is 32.9 Å². The molecule has 1 nitrogen and oxygen atoms in total. The maximum absolute atomic E-state index is 13.4. The van der Waals surface area contributed by atoms with Crippen LogP contribution in [-0.2, 0) is 11.5 Å². The van der Waals surface area contributed by atoms with E-state index in [0.717, 1.165) is 11.8 Å². The Morgan fingerprint density at radius 3 is 2.60 bits per heavy atom. The number of aldehydes is 1. The molecule has 1 aromatic rings. The molecule has 0 fully saturated rings. The molecule has 0 radical (unpaired) electrons. The summed E-state index contributed by atoms with van der Waals surface area (Å²) in [6, 6.07) is 3.06. The van der Waals surface area contributed by atoms with E-state index in [1.165, 1.54) is 6.07 Å². The lowest BCUT2D eigenvalue weighted by atomic mass is 9.94. The lowest BCUT2D eigenvalue weighted by Gasteiger charge is -2.12. The summed E-state index contributed by atoms with van der Waals surface area (Å²) in [7, 11) is 0. The van der Waals surface area contributed by atoms with Crippen molar-refractivity contribution in [3.05, 3.63) is 34.6 Å². The molecular weight excluding hydrogens is 198 g/mol. The van der Waals surface area contributed by atoms with Crippen molar-refractivity contribution >= 4 is 6.29 Å². The molecule has 3 heteroatoms. The van der Waals surface area contributed by atoms with Gasteiger partial charge in [-0.1, -0.05) is 13.0 Å². The second-order valence-corrected chi connectivity index (χ2v) is 3.74. The van der Waals surface area contributed by atoms with E-state index in [-0.39, 0.29) is 11.5 Å². The topological polar surface area (TPSA) is 17.1 Å². The lowest BCUT2D eigenvalue weighted by molar-refractivity contribution is -0.108. The monoisotopic (exact) mass is 212 g/mol. The average Bonchev–Trinajstić information content (AvgIpc) is 2.17. The van der Waals surface area contributed by atoms with Crippen LogP contribution in [0.5, 0.6) is 0 Å². The molecule has 0 aliphatic rings. The fourth-order valence-corrected chi connectivity index (χ4v) is 1.53. The van der Waals surface area contributed by atoms with Gasteiger partial charge in [0.2, 0.25) is 0 Å². The Labute approximate surface area is 88.1 Å². The van der Waals surface area contributed by atoms with E-state index < -0.39 is 12.5 Å². The van der Waals surface area contributed by atoms with Crippen LogP contribution in [0.1, 0.15) is 36.0 Å². The summed E-state index contributed by atoms with van der Waals surface area (Å²) in [4.78, 5) is 10.3. The average molecular weight is 212 g/mol. The second-order valence-electron chi connectivity index (χ2n) is 3.74. The molecule has 0 bridgehead atoms. The first-order valence-corrected chi connectivity index (χ1v) is 4.88. The van der Waals surface area contributed by atoms with Crippen molar-refractivity contribution in [2.24, 2.45) is 0 Å². The molecule has 0 aliphatic carbocycles. The molecule has 0 spiro atoms. The van der Waals surface area contributed by atoms with E-state index in [2.05, 4.69) is 0 Å². The Morgan fingerprint density at radius 2 is 2.13 bits per heavy atom. The molecule has 0 aliphatic heterocycles. The summed E-state index contributed by atoms with van der Waals surface area (Å²) < 4.78 is 25.8. The molecular formula is C12H14F2O. The molecule has 0 amide bonds. The highest BCUT2D eigenvalue weighted by Crippen LogP contribution is 2.24. The highest BCUT2D eigenvalue weighted by atomic mass is 19.1. The first kappa shape index (κ1) is 11.8. The predicted molar refractivity (Wildman–Crippen MR) is 55.0 cm³/mol. The Balaban J connectivity index is 3.07. The summed E-state index contributed by atoms with van der Waals surface area (Å²) in [6.07, 6.45) is 1.16. The molecule has 1 aromatic carbocycles. The summed E-state index contributed by atoms with van der Waals surface area (Å²) >= 11 is 0. The van der Waals surface area contributed by atoms with Crippen molar-refractivity contribution in [3.63, 3.8) is 0 Å². The second kappa shape index (κ2) is 5.01. The van der Waals surface area contributed by atoms with Gasteiger partial charge in [-0.05, 0) is 30.0 Å². The molecule has 1 unspecified atom stereocenters. The van der Waals surface area contributed by atoms with E-state index in [1.54, 1.807) is 13.0 Å². The van der Waals surface area contributed by atoms with Gasteiger partial charge in [0, 0.05) is 12.0 Å². The Kier molecular flexibility index (Phi) is 3.95. The first-order chi connectivity index (χ1) is 7.10. The molecule has 15 heavy (non-hydrogen) atoms. The molecule has 1 rings (SSSR count). The zero-order valence-electron chi connectivity index (χ0n) is 8.89. The fraction of sp³-hybridized carbons (Fsp3) is 0.417. The zero-order chi connectivity index (χ0) is 11.4. The Hall–Kier alpha value is -1.25. The Bertz CT molecular complexity index is 338. The highest BCUT2D eigenvalue weighted by Gasteiger charge is 2.11. The molecule has 0 saturated heterocycles. The third-order valence-corrected chi connectivity index (χ3v) is 2.59. The molecule has 1 atom stereocenters. The van der Waals surface area contributed by atoms with Crippen molar-refractivity contribution in [2.75, 3.05) is 0 Å². The van der Waals surface area contributed by atoms with Crippen molar-refractivity contribution in [3.8, 4) is 0 Å². The van der Waals surface area contributed by atoms with Gasteiger partial charge in [-0.3, -0.25) is 0 Å². The van der Waals surface area contributed by atoms with Gasteiger partial charge in [-0.15, -0.1) is 0 Å². The van der Waals surface area contributed by atoms with Crippen LogP contribution in [0, 0.1) is 12.7 Å². The number of halogens is 2. The first-order valence-electron chi connectivity index (χ1n) is 4.88. The molecule has 0 N–H and O–H groups in total. The fourth-order valence-electron chi connectivity index (χ4n) is 1.53. The van der Waals surface area contributed by atoms with Crippen LogP contribution in [0.15, 0.2) is 12.1 Å². The number of carbonyl (C=O) groups is 1. The van der Waals surface area contributed by atoms with Gasteiger partial charge in [0.1, 0.15) is 18.8 Å². The maximum atomic E-state index is 13.4. The van der Waals surface area contributed by atoms with Gasteiger partial charge in [-0.25, -0.2) is 8.78 Å². The van der Waals surface area contributed by atoms with E-state index >= 15 is 0 Å². The minimum absolute atomic E-state index is 0.0237. The van der Waals surface area contributed by atoms with Gasteiger partial charge >= 0.3 is 0 Å². The van der Waals surface area contributed by atoms with E-state index in [4.69, 9.17) is 0 Å². The summed E-state index contributed by atoms with van der Waals surface area (Å²) in [5, 5.41) is 0. The number of rotatable bonds is 4. The smallest absolute Gasteiger partial charge is 0.129 e. The van der Waals surface area contributed by atoms with Crippen LogP contribution in [0.4, 0.5) is 8.78 Å². The van der Waals surface area contributed by atoms with Gasteiger partial charge in [-0.2, -0.15) is 0 Å². The van der Waals surface area contributed by atoms with Crippen molar-refractivity contribution in [1.82, 2.24) is 0 Å². The summed E-state index contributed by atoms with van der Waals surface area (Å²) in [5.41, 5.74) is 1.46. The molecule has 0 aromatic heterocycles. The highest BCUT2D eigenvalue weighted by molar-refractivity contribution is 5.51. The van der Waals surface area contributed by atoms with Crippen LogP contribution >= 0.6 is 0 Å². The SMILES string of the molecule is Cc1cc(C(C)CC=O)cc(F)c1CF. The van der Waals surface area contributed by atoms with E-state index in [9.17, 15) is 13.6 Å². The van der Waals surface area contributed by atoms with Gasteiger partial charge in [0.05, 0.1) is 0 Å². The van der Waals surface area contributed by atoms with Gasteiger partial charge in [0.15, 0.2) is 0 Å².